The van der Waals surface area contributed by atoms with Gasteiger partial charge in [0.1, 0.15) is 11.2 Å². The summed E-state index contributed by atoms with van der Waals surface area (Å²) in [5, 5.41) is 4.79. The van der Waals surface area contributed by atoms with Crippen molar-refractivity contribution < 1.29 is 4.42 Å². The van der Waals surface area contributed by atoms with E-state index in [1.807, 2.05) is 12.1 Å². The van der Waals surface area contributed by atoms with Crippen molar-refractivity contribution in [2.75, 3.05) is 4.90 Å². The van der Waals surface area contributed by atoms with Crippen molar-refractivity contribution in [1.29, 1.82) is 0 Å². The second-order valence-electron chi connectivity index (χ2n) is 16.1. The van der Waals surface area contributed by atoms with E-state index in [0.717, 1.165) is 61.4 Å². The lowest BCUT2D eigenvalue weighted by atomic mass is 9.94. The molecule has 3 nitrogen and oxygen atoms in total. The Morgan fingerprint density at radius 3 is 1.38 bits per heavy atom. The van der Waals surface area contributed by atoms with Crippen LogP contribution in [0, 0.1) is 0 Å². The van der Waals surface area contributed by atoms with E-state index in [-0.39, 0.29) is 0 Å². The van der Waals surface area contributed by atoms with E-state index in [0.29, 0.717) is 0 Å². The van der Waals surface area contributed by atoms with Crippen molar-refractivity contribution in [3.8, 4) is 50.2 Å². The first-order valence-corrected chi connectivity index (χ1v) is 21.5. The van der Waals surface area contributed by atoms with E-state index in [9.17, 15) is 0 Å². The van der Waals surface area contributed by atoms with Gasteiger partial charge in [-0.15, -0.1) is 0 Å². The van der Waals surface area contributed by atoms with Gasteiger partial charge in [0.2, 0.25) is 0 Å². The third-order valence-corrected chi connectivity index (χ3v) is 12.4. The van der Waals surface area contributed by atoms with Crippen LogP contribution in [-0.2, 0) is 0 Å². The van der Waals surface area contributed by atoms with Crippen LogP contribution in [0.1, 0.15) is 0 Å². The van der Waals surface area contributed by atoms with E-state index >= 15 is 0 Å². The number of benzene rings is 10. The Labute approximate surface area is 366 Å². The van der Waals surface area contributed by atoms with E-state index in [1.165, 1.54) is 49.6 Å². The first kappa shape index (κ1) is 36.5. The second kappa shape index (κ2) is 15.3. The Balaban J connectivity index is 0.935. The topological polar surface area (TPSA) is 21.3 Å². The van der Waals surface area contributed by atoms with Crippen LogP contribution in [0.25, 0.3) is 93.9 Å². The predicted molar refractivity (Wildman–Crippen MR) is 264 cm³/mol. The Morgan fingerprint density at radius 2 is 0.746 bits per heavy atom. The van der Waals surface area contributed by atoms with Gasteiger partial charge in [-0.1, -0.05) is 170 Å². The molecule has 0 amide bonds. The van der Waals surface area contributed by atoms with Crippen LogP contribution in [0.5, 0.6) is 0 Å². The molecule has 2 heterocycles. The molecule has 3 heteroatoms. The molecule has 0 radical (unpaired) electrons. The molecule has 0 bridgehead atoms. The summed E-state index contributed by atoms with van der Waals surface area (Å²) in [6.07, 6.45) is 0. The Kier molecular flexibility index (Phi) is 8.83. The fourth-order valence-corrected chi connectivity index (χ4v) is 9.48. The van der Waals surface area contributed by atoms with Crippen molar-refractivity contribution in [1.82, 2.24) is 4.57 Å². The first-order chi connectivity index (χ1) is 31.2. The van der Waals surface area contributed by atoms with Crippen LogP contribution in [-0.4, -0.2) is 4.57 Å². The quantitative estimate of drug-likeness (QED) is 0.153. The van der Waals surface area contributed by atoms with E-state index in [4.69, 9.17) is 4.42 Å². The zero-order chi connectivity index (χ0) is 41.7. The van der Waals surface area contributed by atoms with Gasteiger partial charge in [-0.2, -0.15) is 0 Å². The van der Waals surface area contributed by atoms with Gasteiger partial charge in [0, 0.05) is 44.3 Å². The first-order valence-electron chi connectivity index (χ1n) is 21.5. The van der Waals surface area contributed by atoms with Gasteiger partial charge in [-0.3, -0.25) is 0 Å². The molecule has 296 valence electrons. The number of rotatable bonds is 8. The van der Waals surface area contributed by atoms with Gasteiger partial charge in [0.25, 0.3) is 0 Å². The van der Waals surface area contributed by atoms with Gasteiger partial charge in [-0.25, -0.2) is 0 Å². The number of nitrogens with zero attached hydrogens (tertiary/aromatic N) is 2. The normalized spacial score (nSPS) is 11.5. The Morgan fingerprint density at radius 1 is 0.302 bits per heavy atom. The van der Waals surface area contributed by atoms with E-state index in [2.05, 4.69) is 240 Å². The molecule has 0 N–H and O–H groups in total. The average molecular weight is 805 g/mol. The summed E-state index contributed by atoms with van der Waals surface area (Å²) in [5.41, 5.74) is 18.0. The highest BCUT2D eigenvalue weighted by Crippen LogP contribution is 2.42. The van der Waals surface area contributed by atoms with Gasteiger partial charge in [0.15, 0.2) is 0 Å². The number of hydrogen-bond donors (Lipinski definition) is 0. The van der Waals surface area contributed by atoms with Crippen LogP contribution < -0.4 is 4.90 Å². The van der Waals surface area contributed by atoms with Gasteiger partial charge in [-0.05, 0) is 117 Å². The maximum atomic E-state index is 6.26. The molecular formula is C60H40N2O. The molecule has 0 saturated heterocycles. The van der Waals surface area contributed by atoms with Gasteiger partial charge < -0.3 is 13.9 Å². The summed E-state index contributed by atoms with van der Waals surface area (Å²) in [6.45, 7) is 0. The zero-order valence-corrected chi connectivity index (χ0v) is 34.4. The van der Waals surface area contributed by atoms with Crippen molar-refractivity contribution in [3.63, 3.8) is 0 Å². The maximum absolute atomic E-state index is 6.26. The van der Waals surface area contributed by atoms with E-state index in [1.54, 1.807) is 0 Å². The Hall–Kier alpha value is -8.40. The summed E-state index contributed by atoms with van der Waals surface area (Å²) in [7, 11) is 0. The molecule has 10 aromatic carbocycles. The molecule has 0 saturated carbocycles. The molecule has 2 aromatic heterocycles. The van der Waals surface area contributed by atoms with E-state index < -0.39 is 0 Å². The fraction of sp³-hybridized carbons (Fsp3) is 0. The smallest absolute Gasteiger partial charge is 0.136 e. The standard InChI is InChI=1S/C60H40N2O/c1-2-14-42(15-3-1)50-18-4-5-19-51(50)43-30-36-47(37-31-43)61(48-38-32-44(33-39-48)52-23-13-27-59-60(52)55-22-8-11-26-58(55)63-59)46-34-28-41(29-35-46)45-16-12-17-49(40-45)62-56-24-9-6-20-53(56)54-21-7-10-25-57(54)62/h1-40H. The molecule has 0 spiro atoms. The van der Waals surface area contributed by atoms with Crippen molar-refractivity contribution >= 4 is 60.8 Å². The number of hydrogen-bond acceptors (Lipinski definition) is 2. The SMILES string of the molecule is c1ccc(-c2ccccc2-c2ccc(N(c3ccc(-c4cccc(-n5c6ccccc6c6ccccc65)c4)cc3)c3ccc(-c4cccc5oc6ccccc6c45)cc3)cc2)cc1. The highest BCUT2D eigenvalue weighted by Gasteiger charge is 2.18. The molecule has 0 fully saturated rings. The summed E-state index contributed by atoms with van der Waals surface area (Å²) >= 11 is 0. The third kappa shape index (κ3) is 6.38. The van der Waals surface area contributed by atoms with Crippen LogP contribution in [0.3, 0.4) is 0 Å². The molecule has 0 aliphatic rings. The average Bonchev–Trinajstić information content (AvgIpc) is 3.91. The predicted octanol–water partition coefficient (Wildman–Crippen LogP) is 16.8. The number of fused-ring (bicyclic) bond motifs is 6. The van der Waals surface area contributed by atoms with Crippen molar-refractivity contribution in [2.24, 2.45) is 0 Å². The summed E-state index contributed by atoms with van der Waals surface area (Å²) in [5.74, 6) is 0. The highest BCUT2D eigenvalue weighted by atomic mass is 16.3. The molecule has 0 aliphatic carbocycles. The molecule has 0 aliphatic heterocycles. The molecule has 12 rings (SSSR count). The summed E-state index contributed by atoms with van der Waals surface area (Å²) in [6, 6.07) is 87.1. The lowest BCUT2D eigenvalue weighted by molar-refractivity contribution is 0.669. The minimum atomic E-state index is 0.897. The van der Waals surface area contributed by atoms with Crippen LogP contribution in [0.15, 0.2) is 247 Å². The maximum Gasteiger partial charge on any atom is 0.136 e. The summed E-state index contributed by atoms with van der Waals surface area (Å²) in [4.78, 5) is 2.35. The van der Waals surface area contributed by atoms with Gasteiger partial charge >= 0.3 is 0 Å². The molecule has 63 heavy (non-hydrogen) atoms. The fourth-order valence-electron chi connectivity index (χ4n) is 9.48. The third-order valence-electron chi connectivity index (χ3n) is 12.4. The minimum Gasteiger partial charge on any atom is -0.456 e. The Bertz CT molecular complexity index is 3550. The van der Waals surface area contributed by atoms with Gasteiger partial charge in [0.05, 0.1) is 11.0 Å². The number of anilines is 3. The molecular weight excluding hydrogens is 765 g/mol. The highest BCUT2D eigenvalue weighted by molar-refractivity contribution is 6.12. The monoisotopic (exact) mass is 804 g/mol. The molecule has 12 aromatic rings. The lowest BCUT2D eigenvalue weighted by Crippen LogP contribution is -2.09. The number of furan rings is 1. The lowest BCUT2D eigenvalue weighted by Gasteiger charge is -2.26. The molecule has 0 unspecified atom stereocenters. The summed E-state index contributed by atoms with van der Waals surface area (Å²) < 4.78 is 8.64. The van der Waals surface area contributed by atoms with Crippen LogP contribution >= 0.6 is 0 Å². The molecule has 0 atom stereocenters. The number of para-hydroxylation sites is 3. The largest absolute Gasteiger partial charge is 0.456 e. The second-order valence-corrected chi connectivity index (χ2v) is 16.1. The van der Waals surface area contributed by atoms with Crippen LogP contribution in [0.2, 0.25) is 0 Å². The van der Waals surface area contributed by atoms with Crippen molar-refractivity contribution in [2.45, 2.75) is 0 Å². The van der Waals surface area contributed by atoms with Crippen molar-refractivity contribution in [3.05, 3.63) is 243 Å². The van der Waals surface area contributed by atoms with Crippen LogP contribution in [0.4, 0.5) is 17.1 Å². The zero-order valence-electron chi connectivity index (χ0n) is 34.4. The minimum absolute atomic E-state index is 0.897. The number of aromatic nitrogens is 1.